The van der Waals surface area contributed by atoms with E-state index in [9.17, 15) is 10.2 Å². The summed E-state index contributed by atoms with van der Waals surface area (Å²) in [6, 6.07) is 0. The van der Waals surface area contributed by atoms with E-state index >= 15 is 0 Å². The lowest BCUT2D eigenvalue weighted by Gasteiger charge is -2.65. The summed E-state index contributed by atoms with van der Waals surface area (Å²) in [5.41, 5.74) is -0.490. The molecule has 4 rings (SSSR count). The van der Waals surface area contributed by atoms with Gasteiger partial charge in [-0.25, -0.2) is 0 Å². The lowest BCUT2D eigenvalue weighted by atomic mass is 9.44. The second-order valence-electron chi connectivity index (χ2n) is 10.1. The molecule has 2 N–H and O–H groups in total. The fraction of sp³-hybridized carbons (Fsp3) is 1.00. The first-order valence-corrected chi connectivity index (χ1v) is 9.82. The summed E-state index contributed by atoms with van der Waals surface area (Å²) in [5, 5.41) is 20.8. The number of aliphatic hydroxyl groups excluding tert-OH is 2. The molecule has 2 aliphatic heterocycles. The third kappa shape index (κ3) is 2.12. The lowest BCUT2D eigenvalue weighted by Crippen LogP contribution is -2.66. The Kier molecular flexibility index (Phi) is 3.73. The second-order valence-corrected chi connectivity index (χ2v) is 10.1. The fourth-order valence-corrected chi connectivity index (χ4v) is 7.26. The normalized spacial score (nSPS) is 56.8. The molecule has 0 aromatic rings. The molecule has 0 amide bonds. The topological polar surface area (TPSA) is 58.9 Å². The SMILES string of the molecule is CC1(C)CCC[C@]2(C)[C@@H]1CC[C@]1(C)O[C@]3(CC[C@@H]21)[C@@H](O)CO[C@@H]3O. The smallest absolute Gasteiger partial charge is 0.186 e. The van der Waals surface area contributed by atoms with Crippen LogP contribution < -0.4 is 0 Å². The van der Waals surface area contributed by atoms with Crippen LogP contribution in [0.2, 0.25) is 0 Å². The van der Waals surface area contributed by atoms with Crippen LogP contribution in [0.3, 0.4) is 0 Å². The Labute approximate surface area is 145 Å². The van der Waals surface area contributed by atoms with Gasteiger partial charge < -0.3 is 19.7 Å². The van der Waals surface area contributed by atoms with Gasteiger partial charge in [0, 0.05) is 0 Å². The highest BCUT2D eigenvalue weighted by atomic mass is 16.7. The first-order chi connectivity index (χ1) is 11.1. The molecule has 0 aromatic heterocycles. The zero-order chi connectivity index (χ0) is 17.4. The molecular formula is C20H34O4. The van der Waals surface area contributed by atoms with E-state index in [1.807, 2.05) is 0 Å². The number of fused-ring (bicyclic) bond motifs is 3. The first kappa shape index (κ1) is 17.3. The summed E-state index contributed by atoms with van der Waals surface area (Å²) in [6.45, 7) is 9.77. The maximum absolute atomic E-state index is 10.4. The number of aliphatic hydroxyl groups is 2. The average molecular weight is 338 g/mol. The van der Waals surface area contributed by atoms with Gasteiger partial charge in [-0.2, -0.15) is 0 Å². The van der Waals surface area contributed by atoms with Crippen molar-refractivity contribution in [2.75, 3.05) is 6.61 Å². The largest absolute Gasteiger partial charge is 0.387 e. The fourth-order valence-electron chi connectivity index (χ4n) is 7.26. The van der Waals surface area contributed by atoms with E-state index in [0.717, 1.165) is 18.8 Å². The summed E-state index contributed by atoms with van der Waals surface area (Å²) in [7, 11) is 0. The number of ether oxygens (including phenoxy) is 2. The molecule has 4 fully saturated rings. The predicted molar refractivity (Wildman–Crippen MR) is 91.4 cm³/mol. The van der Waals surface area contributed by atoms with Gasteiger partial charge in [0.2, 0.25) is 0 Å². The third-order valence-corrected chi connectivity index (χ3v) is 8.38. The molecule has 4 nitrogen and oxygen atoms in total. The Morgan fingerprint density at radius 2 is 1.58 bits per heavy atom. The molecule has 7 atom stereocenters. The van der Waals surface area contributed by atoms with Crippen molar-refractivity contribution in [3.05, 3.63) is 0 Å². The minimum absolute atomic E-state index is 0.175. The maximum Gasteiger partial charge on any atom is 0.186 e. The van der Waals surface area contributed by atoms with Gasteiger partial charge in [-0.15, -0.1) is 0 Å². The van der Waals surface area contributed by atoms with Crippen molar-refractivity contribution >= 4 is 0 Å². The molecule has 4 heteroatoms. The molecule has 2 saturated carbocycles. The molecule has 2 aliphatic carbocycles. The first-order valence-electron chi connectivity index (χ1n) is 9.82. The minimum atomic E-state index is -1.00. The number of rotatable bonds is 0. The van der Waals surface area contributed by atoms with E-state index in [-0.39, 0.29) is 12.2 Å². The van der Waals surface area contributed by atoms with Crippen LogP contribution in [0, 0.1) is 22.7 Å². The quantitative estimate of drug-likeness (QED) is 0.712. The van der Waals surface area contributed by atoms with Gasteiger partial charge in [0.25, 0.3) is 0 Å². The maximum atomic E-state index is 10.4. The Morgan fingerprint density at radius 1 is 0.875 bits per heavy atom. The highest BCUT2D eigenvalue weighted by Gasteiger charge is 2.65. The van der Waals surface area contributed by atoms with Gasteiger partial charge >= 0.3 is 0 Å². The molecule has 0 bridgehead atoms. The van der Waals surface area contributed by atoms with Crippen molar-refractivity contribution in [3.8, 4) is 0 Å². The Hall–Kier alpha value is -0.160. The molecule has 2 heterocycles. The van der Waals surface area contributed by atoms with E-state index in [0.29, 0.717) is 23.2 Å². The van der Waals surface area contributed by atoms with Crippen LogP contribution in [0.1, 0.15) is 72.6 Å². The average Bonchev–Trinajstić information content (AvgIpc) is 2.74. The Balaban J connectivity index is 1.67. The second kappa shape index (κ2) is 5.18. The molecule has 0 unspecified atom stereocenters. The highest BCUT2D eigenvalue weighted by molar-refractivity contribution is 5.13. The summed E-state index contributed by atoms with van der Waals surface area (Å²) in [4.78, 5) is 0. The molecule has 24 heavy (non-hydrogen) atoms. The van der Waals surface area contributed by atoms with E-state index < -0.39 is 18.0 Å². The molecule has 4 aliphatic rings. The molecule has 2 saturated heterocycles. The molecule has 138 valence electrons. The summed E-state index contributed by atoms with van der Waals surface area (Å²) < 4.78 is 11.9. The van der Waals surface area contributed by atoms with Crippen molar-refractivity contribution < 1.29 is 19.7 Å². The standard InChI is InChI=1S/C20H34O4/c1-17(2)8-5-9-18(3)13(17)6-10-19(4)14(18)7-11-20(24-19)15(21)12-23-16(20)22/h13-16,21-22H,5-12H2,1-4H3/t13-,14+,15+,16+,18-,19+,20-/m1/s1. The van der Waals surface area contributed by atoms with Crippen molar-refractivity contribution in [2.45, 2.75) is 96.2 Å². The van der Waals surface area contributed by atoms with Crippen LogP contribution >= 0.6 is 0 Å². The van der Waals surface area contributed by atoms with E-state index in [1.165, 1.54) is 25.7 Å². The van der Waals surface area contributed by atoms with E-state index in [1.54, 1.807) is 0 Å². The number of hydrogen-bond acceptors (Lipinski definition) is 4. The Morgan fingerprint density at radius 3 is 2.25 bits per heavy atom. The summed E-state index contributed by atoms with van der Waals surface area (Å²) >= 11 is 0. The van der Waals surface area contributed by atoms with Gasteiger partial charge in [-0.3, -0.25) is 0 Å². The summed E-state index contributed by atoms with van der Waals surface area (Å²) in [6.07, 6.45) is 6.08. The van der Waals surface area contributed by atoms with Crippen LogP contribution in [-0.2, 0) is 9.47 Å². The van der Waals surface area contributed by atoms with Gasteiger partial charge in [-0.05, 0) is 68.1 Å². The number of hydrogen-bond donors (Lipinski definition) is 2. The van der Waals surface area contributed by atoms with Crippen LogP contribution in [0.15, 0.2) is 0 Å². The van der Waals surface area contributed by atoms with Gasteiger partial charge in [0.1, 0.15) is 11.7 Å². The van der Waals surface area contributed by atoms with Crippen LogP contribution in [0.25, 0.3) is 0 Å². The van der Waals surface area contributed by atoms with Crippen molar-refractivity contribution in [1.29, 1.82) is 0 Å². The highest BCUT2D eigenvalue weighted by Crippen LogP contribution is 2.66. The van der Waals surface area contributed by atoms with Crippen LogP contribution in [-0.4, -0.2) is 40.4 Å². The van der Waals surface area contributed by atoms with Crippen molar-refractivity contribution in [3.63, 3.8) is 0 Å². The van der Waals surface area contributed by atoms with Crippen LogP contribution in [0.4, 0.5) is 0 Å². The predicted octanol–water partition coefficient (Wildman–Crippen LogP) is 3.25. The van der Waals surface area contributed by atoms with Crippen molar-refractivity contribution in [2.24, 2.45) is 22.7 Å². The van der Waals surface area contributed by atoms with E-state index in [4.69, 9.17) is 9.47 Å². The molecular weight excluding hydrogens is 304 g/mol. The molecule has 0 aromatic carbocycles. The third-order valence-electron chi connectivity index (χ3n) is 8.38. The lowest BCUT2D eigenvalue weighted by molar-refractivity contribution is -0.315. The minimum Gasteiger partial charge on any atom is -0.387 e. The monoisotopic (exact) mass is 338 g/mol. The molecule has 1 spiro atoms. The van der Waals surface area contributed by atoms with E-state index in [2.05, 4.69) is 27.7 Å². The summed E-state index contributed by atoms with van der Waals surface area (Å²) in [5.74, 6) is 1.23. The van der Waals surface area contributed by atoms with Gasteiger partial charge in [0.15, 0.2) is 6.29 Å². The Bertz CT molecular complexity index is 508. The zero-order valence-electron chi connectivity index (χ0n) is 15.7. The van der Waals surface area contributed by atoms with Crippen molar-refractivity contribution in [1.82, 2.24) is 0 Å². The van der Waals surface area contributed by atoms with Gasteiger partial charge in [0.05, 0.1) is 12.2 Å². The van der Waals surface area contributed by atoms with Crippen LogP contribution in [0.5, 0.6) is 0 Å². The zero-order valence-corrected chi connectivity index (χ0v) is 15.7. The molecule has 0 radical (unpaired) electrons. The van der Waals surface area contributed by atoms with Gasteiger partial charge in [-0.1, -0.05) is 27.2 Å².